The number of carbonyl (C=O) groups is 2. The molecule has 0 bridgehead atoms. The molecule has 11 nitrogen and oxygen atoms in total. The molecule has 0 saturated carbocycles. The van der Waals surface area contributed by atoms with Gasteiger partial charge in [-0.25, -0.2) is 8.42 Å². The number of aliphatic carboxylic acids is 1. The first kappa shape index (κ1) is 30.4. The van der Waals surface area contributed by atoms with Crippen molar-refractivity contribution in [1.82, 2.24) is 19.9 Å². The summed E-state index contributed by atoms with van der Waals surface area (Å²) < 4.78 is 29.8. The van der Waals surface area contributed by atoms with Gasteiger partial charge in [-0.2, -0.15) is 4.72 Å². The van der Waals surface area contributed by atoms with Crippen LogP contribution in [0.2, 0.25) is 0 Å². The van der Waals surface area contributed by atoms with E-state index in [4.69, 9.17) is 0 Å². The largest absolute Gasteiger partial charge is 0.480 e. The number of amidine groups is 1. The summed E-state index contributed by atoms with van der Waals surface area (Å²) in [7, 11) is -2.56. The Hall–Kier alpha value is -5.07. The topological polar surface area (TPSA) is 159 Å². The molecule has 0 radical (unpaired) electrons. The van der Waals surface area contributed by atoms with Gasteiger partial charge < -0.3 is 20.3 Å². The van der Waals surface area contributed by atoms with E-state index in [0.29, 0.717) is 17.4 Å². The third-order valence-corrected chi connectivity index (χ3v) is 8.73. The number of aryl methyl sites for hydroxylation is 2. The summed E-state index contributed by atoms with van der Waals surface area (Å²) in [4.78, 5) is 42.5. The van der Waals surface area contributed by atoms with Crippen LogP contribution < -0.4 is 20.8 Å². The van der Waals surface area contributed by atoms with Gasteiger partial charge in [-0.1, -0.05) is 54.1 Å². The van der Waals surface area contributed by atoms with Gasteiger partial charge in [0.15, 0.2) is 0 Å². The Morgan fingerprint density at radius 2 is 1.73 bits per heavy atom. The first-order valence-corrected chi connectivity index (χ1v) is 15.3. The number of hydrogen-bond donors (Lipinski definition) is 4. The first-order chi connectivity index (χ1) is 21.0. The zero-order valence-corrected chi connectivity index (χ0v) is 24.9. The van der Waals surface area contributed by atoms with E-state index < -0.39 is 39.9 Å². The van der Waals surface area contributed by atoms with E-state index in [1.807, 2.05) is 49.5 Å². The summed E-state index contributed by atoms with van der Waals surface area (Å²) in [6, 6.07) is 17.3. The number of carbonyl (C=O) groups excluding carboxylic acids is 1. The minimum absolute atomic E-state index is 0.128. The molecule has 0 unspecified atom stereocenters. The molecule has 0 spiro atoms. The molecule has 12 heteroatoms. The van der Waals surface area contributed by atoms with Crippen molar-refractivity contribution < 1.29 is 23.1 Å². The normalized spacial score (nSPS) is 14.5. The number of carboxylic acids is 1. The maximum Gasteiger partial charge on any atom is 0.323 e. The number of benzene rings is 3. The molecule has 0 saturated heterocycles. The van der Waals surface area contributed by atoms with Crippen molar-refractivity contribution in [3.05, 3.63) is 112 Å². The molecule has 44 heavy (non-hydrogen) atoms. The van der Waals surface area contributed by atoms with Crippen molar-refractivity contribution in [2.45, 2.75) is 30.8 Å². The second-order valence-electron chi connectivity index (χ2n) is 10.5. The van der Waals surface area contributed by atoms with Crippen molar-refractivity contribution in [2.24, 2.45) is 12.0 Å². The smallest absolute Gasteiger partial charge is 0.323 e. The van der Waals surface area contributed by atoms with Crippen LogP contribution in [0.15, 0.2) is 99.9 Å². The SMILES string of the molecule is Cc1ccc(-c2ccc(S(=O)(=O)N[C@@H](CNC(=O)c3cn(C)c4cc(CN=C5CC=CN5)ccc4c3=O)C(=O)O)cc2)cc1. The molecule has 2 heterocycles. The molecule has 5 rings (SSSR count). The van der Waals surface area contributed by atoms with Crippen LogP contribution in [0.4, 0.5) is 0 Å². The molecule has 4 N–H and O–H groups in total. The van der Waals surface area contributed by atoms with Crippen molar-refractivity contribution >= 4 is 38.6 Å². The molecule has 1 aromatic heterocycles. The van der Waals surface area contributed by atoms with Gasteiger partial charge in [0.05, 0.1) is 17.0 Å². The van der Waals surface area contributed by atoms with E-state index in [-0.39, 0.29) is 10.5 Å². The summed E-state index contributed by atoms with van der Waals surface area (Å²) in [5.74, 6) is -1.46. The zero-order chi connectivity index (χ0) is 31.4. The second kappa shape index (κ2) is 12.7. The van der Waals surface area contributed by atoms with Crippen LogP contribution in [0.3, 0.4) is 0 Å². The van der Waals surface area contributed by atoms with Crippen LogP contribution in [0.1, 0.15) is 27.9 Å². The van der Waals surface area contributed by atoms with Crippen LogP contribution in [0, 0.1) is 6.92 Å². The fraction of sp³-hybridized carbons (Fsp3) is 0.188. The number of aromatic nitrogens is 1. The molecule has 1 amide bonds. The summed E-state index contributed by atoms with van der Waals surface area (Å²) in [5, 5.41) is 15.5. The van der Waals surface area contributed by atoms with E-state index >= 15 is 0 Å². The van der Waals surface area contributed by atoms with Crippen LogP contribution in [-0.4, -0.2) is 48.4 Å². The Balaban J connectivity index is 1.27. The predicted molar refractivity (Wildman–Crippen MR) is 168 cm³/mol. The maximum atomic E-state index is 13.2. The number of nitrogens with zero attached hydrogens (tertiary/aromatic N) is 2. The van der Waals surface area contributed by atoms with Crippen molar-refractivity contribution in [3.63, 3.8) is 0 Å². The lowest BCUT2D eigenvalue weighted by atomic mass is 10.0. The van der Waals surface area contributed by atoms with Gasteiger partial charge in [-0.05, 0) is 54.1 Å². The lowest BCUT2D eigenvalue weighted by Crippen LogP contribution is -2.48. The number of fused-ring (bicyclic) bond motifs is 1. The predicted octanol–water partition coefficient (Wildman–Crippen LogP) is 3.08. The fourth-order valence-electron chi connectivity index (χ4n) is 4.77. The van der Waals surface area contributed by atoms with E-state index in [1.165, 1.54) is 18.3 Å². The van der Waals surface area contributed by atoms with Gasteiger partial charge >= 0.3 is 5.97 Å². The Morgan fingerprint density at radius 3 is 2.36 bits per heavy atom. The summed E-state index contributed by atoms with van der Waals surface area (Å²) >= 11 is 0. The van der Waals surface area contributed by atoms with Crippen molar-refractivity contribution in [1.29, 1.82) is 0 Å². The fourth-order valence-corrected chi connectivity index (χ4v) is 5.96. The average molecular weight is 614 g/mol. The Labute approximate surface area is 254 Å². The molecule has 3 aromatic carbocycles. The van der Waals surface area contributed by atoms with Crippen LogP contribution >= 0.6 is 0 Å². The monoisotopic (exact) mass is 613 g/mol. The minimum Gasteiger partial charge on any atom is -0.480 e. The van der Waals surface area contributed by atoms with E-state index in [2.05, 4.69) is 20.3 Å². The van der Waals surface area contributed by atoms with Gasteiger partial charge in [0, 0.05) is 31.6 Å². The van der Waals surface area contributed by atoms with E-state index in [1.54, 1.807) is 35.9 Å². The third kappa shape index (κ3) is 6.77. The van der Waals surface area contributed by atoms with Crippen molar-refractivity contribution in [2.75, 3.05) is 6.54 Å². The van der Waals surface area contributed by atoms with Gasteiger partial charge in [0.2, 0.25) is 15.5 Å². The highest BCUT2D eigenvalue weighted by molar-refractivity contribution is 7.89. The summed E-state index contributed by atoms with van der Waals surface area (Å²) in [5.41, 5.74) is 3.55. The molecule has 1 atom stereocenters. The van der Waals surface area contributed by atoms with E-state index in [9.17, 15) is 27.9 Å². The quantitative estimate of drug-likeness (QED) is 0.214. The van der Waals surface area contributed by atoms with Gasteiger partial charge in [-0.15, -0.1) is 0 Å². The van der Waals surface area contributed by atoms with E-state index in [0.717, 1.165) is 34.5 Å². The molecule has 0 fully saturated rings. The Bertz CT molecular complexity index is 1950. The Morgan fingerprint density at radius 1 is 1.05 bits per heavy atom. The molecule has 226 valence electrons. The highest BCUT2D eigenvalue weighted by atomic mass is 32.2. The molecule has 1 aliphatic rings. The highest BCUT2D eigenvalue weighted by Gasteiger charge is 2.27. The molecule has 4 aromatic rings. The summed E-state index contributed by atoms with van der Waals surface area (Å²) in [6.45, 7) is 1.80. The van der Waals surface area contributed by atoms with Crippen molar-refractivity contribution in [3.8, 4) is 11.1 Å². The Kier molecular flexibility index (Phi) is 8.74. The lowest BCUT2D eigenvalue weighted by molar-refractivity contribution is -0.138. The van der Waals surface area contributed by atoms with Crippen LogP contribution in [-0.2, 0) is 28.4 Å². The number of hydrogen-bond acceptors (Lipinski definition) is 6. The number of nitrogens with one attached hydrogen (secondary N) is 3. The van der Waals surface area contributed by atoms with Gasteiger partial charge in [0.25, 0.3) is 5.91 Å². The number of rotatable bonds is 10. The van der Waals surface area contributed by atoms with Crippen LogP contribution in [0.5, 0.6) is 0 Å². The van der Waals surface area contributed by atoms with Gasteiger partial charge in [0.1, 0.15) is 17.4 Å². The third-order valence-electron chi connectivity index (χ3n) is 7.24. The summed E-state index contributed by atoms with van der Waals surface area (Å²) in [6.07, 6.45) is 5.90. The number of aliphatic imine (C=N–C) groups is 1. The number of pyridine rings is 1. The number of carboxylic acid groups (broad SMARTS) is 1. The molecular formula is C32H31N5O6S. The first-order valence-electron chi connectivity index (χ1n) is 13.8. The van der Waals surface area contributed by atoms with Crippen LogP contribution in [0.25, 0.3) is 22.0 Å². The zero-order valence-electron chi connectivity index (χ0n) is 24.1. The average Bonchev–Trinajstić information content (AvgIpc) is 3.54. The molecular weight excluding hydrogens is 582 g/mol. The molecule has 1 aliphatic heterocycles. The standard InChI is InChI=1S/C32H31N5O6S/c1-20-5-8-22(9-6-20)23-10-12-24(13-11-23)44(42,43)36-27(32(40)41)18-35-31(39)26-19-37(2)28-16-21(7-14-25(28)30(26)38)17-34-29-4-3-15-33-29/h3,5-16,19,27,36H,4,17-18H2,1-2H3,(H,33,34)(H,35,39)(H,40,41)/t27-/m0/s1. The minimum atomic E-state index is -4.25. The maximum absolute atomic E-state index is 13.2. The second-order valence-corrected chi connectivity index (χ2v) is 12.2. The van der Waals surface area contributed by atoms with Gasteiger partial charge in [-0.3, -0.25) is 19.4 Å². The number of sulfonamides is 1. The lowest BCUT2D eigenvalue weighted by Gasteiger charge is -2.16. The highest BCUT2D eigenvalue weighted by Crippen LogP contribution is 2.22. The number of amides is 1. The molecule has 0 aliphatic carbocycles.